The number of amides is 2. The van der Waals surface area contributed by atoms with Crippen LogP contribution in [0.2, 0.25) is 0 Å². The SMILES string of the molecule is Cc1ccc(SOO[O-])c(Nc2nc(Nc3ccc(/C=C/c4ccc(Nc5nc(Nc6cc(S(=O)(=O)[O-])ccc6S(=O)(=O)[O-])nc(N(CCO)CCC(N)=O)n5)cc4SOO[O-])c(S(=O)(=O)[O-])c3)nc(N(CCO)CCC(N)=O)n2)c1.[Na+].[Na+].[Na+].[Na+].[Na+]. The van der Waals surface area contributed by atoms with Gasteiger partial charge in [0.05, 0.1) is 68.3 Å². The molecule has 0 atom stereocenters. The third kappa shape index (κ3) is 25.3. The first-order chi connectivity index (χ1) is 38.4. The van der Waals surface area contributed by atoms with Crippen molar-refractivity contribution in [2.24, 2.45) is 11.5 Å². The monoisotopic (exact) mass is 1330 g/mol. The van der Waals surface area contributed by atoms with E-state index in [9.17, 15) is 69.2 Å². The maximum atomic E-state index is 12.8. The molecule has 0 radical (unpaired) electrons. The number of aryl methyl sites for hydroxylation is 1. The Bertz CT molecular complexity index is 3660. The van der Waals surface area contributed by atoms with Crippen LogP contribution in [0.5, 0.6) is 0 Å². The number of benzene rings is 4. The molecule has 43 heteroatoms. The molecule has 10 N–H and O–H groups in total. The summed E-state index contributed by atoms with van der Waals surface area (Å²) in [4.78, 5) is 49.7. The number of aliphatic hydroxyl groups is 2. The van der Waals surface area contributed by atoms with Crippen molar-refractivity contribution in [1.29, 1.82) is 0 Å². The third-order valence-electron chi connectivity index (χ3n) is 10.5. The smallest absolute Gasteiger partial charge is 0.744 e. The van der Waals surface area contributed by atoms with Crippen molar-refractivity contribution in [2.75, 3.05) is 70.5 Å². The molecule has 2 heterocycles. The molecule has 0 aliphatic heterocycles. The van der Waals surface area contributed by atoms with E-state index >= 15 is 0 Å². The van der Waals surface area contributed by atoms with Crippen molar-refractivity contribution >= 4 is 137 Å². The number of hydrogen-bond donors (Lipinski definition) is 8. The van der Waals surface area contributed by atoms with Crippen LogP contribution < -0.4 is 201 Å². The Kier molecular flexibility index (Phi) is 36.4. The summed E-state index contributed by atoms with van der Waals surface area (Å²) in [5, 5.41) is 59.4. The molecule has 0 bridgehead atoms. The first kappa shape index (κ1) is 81.5. The summed E-state index contributed by atoms with van der Waals surface area (Å²) in [6.07, 6.45) is 2.09. The van der Waals surface area contributed by atoms with Gasteiger partial charge in [0.25, 0.3) is 0 Å². The van der Waals surface area contributed by atoms with E-state index in [0.29, 0.717) is 52.9 Å². The van der Waals surface area contributed by atoms with E-state index in [-0.39, 0.29) is 244 Å². The number of rotatable bonds is 31. The average Bonchev–Trinajstić information content (AvgIpc) is 2.11. The molecule has 0 aliphatic rings. The van der Waals surface area contributed by atoms with Crippen molar-refractivity contribution in [3.05, 3.63) is 89.5 Å². The molecule has 86 heavy (non-hydrogen) atoms. The van der Waals surface area contributed by atoms with Gasteiger partial charge in [-0.15, -0.1) is 0 Å². The second-order valence-electron chi connectivity index (χ2n) is 16.2. The van der Waals surface area contributed by atoms with Gasteiger partial charge in [-0.25, -0.2) is 25.3 Å². The van der Waals surface area contributed by atoms with Gasteiger partial charge in [-0.05, 0) is 78.2 Å². The Morgan fingerprint density at radius 1 is 0.547 bits per heavy atom. The summed E-state index contributed by atoms with van der Waals surface area (Å²) < 4.78 is 120. The van der Waals surface area contributed by atoms with Crippen molar-refractivity contribution < 1.29 is 236 Å². The Labute approximate surface area is 610 Å². The van der Waals surface area contributed by atoms with Gasteiger partial charge in [0.1, 0.15) is 30.4 Å². The number of hydrogen-bond acceptors (Lipinski definition) is 33. The summed E-state index contributed by atoms with van der Waals surface area (Å²) in [5.74, 6) is -3.18. The maximum absolute atomic E-state index is 12.8. The fourth-order valence-electron chi connectivity index (χ4n) is 6.95. The van der Waals surface area contributed by atoms with E-state index in [2.05, 4.69) is 69.9 Å². The second-order valence-corrected chi connectivity index (χ2v) is 21.8. The van der Waals surface area contributed by atoms with Crippen LogP contribution in [0.1, 0.15) is 29.5 Å². The van der Waals surface area contributed by atoms with Crippen molar-refractivity contribution in [2.45, 2.75) is 44.2 Å². The Morgan fingerprint density at radius 3 is 1.47 bits per heavy atom. The Morgan fingerprint density at radius 2 is 1.00 bits per heavy atom. The minimum Gasteiger partial charge on any atom is -0.744 e. The zero-order chi connectivity index (χ0) is 59.1. The molecule has 0 aliphatic carbocycles. The predicted molar refractivity (Wildman–Crippen MR) is 278 cm³/mol. The number of aromatic nitrogens is 6. The number of anilines is 10. The molecule has 4 aromatic carbocycles. The molecule has 434 valence electrons. The van der Waals surface area contributed by atoms with Crippen LogP contribution in [0, 0.1) is 6.92 Å². The van der Waals surface area contributed by atoms with E-state index < -0.39 is 81.7 Å². The van der Waals surface area contributed by atoms with Crippen LogP contribution in [-0.4, -0.2) is 130 Å². The van der Waals surface area contributed by atoms with Crippen molar-refractivity contribution in [1.82, 2.24) is 29.9 Å². The van der Waals surface area contributed by atoms with E-state index in [1.807, 2.05) is 0 Å². The van der Waals surface area contributed by atoms with Gasteiger partial charge in [0.15, 0.2) is 0 Å². The fourth-order valence-corrected chi connectivity index (χ4v) is 9.69. The number of nitrogens with zero attached hydrogens (tertiary/aromatic N) is 8. The summed E-state index contributed by atoms with van der Waals surface area (Å²) in [6, 6.07) is 14.4. The normalized spacial score (nSPS) is 11.2. The molecule has 0 saturated carbocycles. The minimum absolute atomic E-state index is 0. The molecular formula is C43H43N14Na5O19S5. The van der Waals surface area contributed by atoms with Crippen LogP contribution in [0.15, 0.2) is 97.3 Å². The van der Waals surface area contributed by atoms with Gasteiger partial charge < -0.3 is 76.9 Å². The number of carbonyl (C=O) groups excluding carboxylic acids is 2. The molecule has 6 rings (SSSR count). The summed E-state index contributed by atoms with van der Waals surface area (Å²) in [5.41, 5.74) is 11.2. The number of carbonyl (C=O) groups is 2. The van der Waals surface area contributed by atoms with Gasteiger partial charge >= 0.3 is 148 Å². The fraction of sp³-hybridized carbons (Fsp3) is 0.209. The van der Waals surface area contributed by atoms with E-state index in [4.69, 9.17) is 11.5 Å². The standard InChI is InChI=1S/C43H48N14O19S5.5Na/c1-24-2-10-32(77-75-73-62)30(20-24)48-40-50-39(53-42(54-40)56(16-18-58)14-12-36(44)60)47-28-8-6-26(35(22-28)81(70,71)72)4-3-25-5-7-27(21-33(25)78-76-74-63)46-38-51-41(55-43(52-38)57(17-19-59)15-13-37(45)61)49-31-23-29(79(64,65)66)9-11-34(31)80(67,68)69;;;;;/h2-11,20-23,58-59,62-63H,12-19H2,1H3,(H2,44,60)(H2,45,61)(H,64,65,66)(H,67,68,69)(H,70,71,72)(H2,46,49,51,52,55)(H2,47,48,50,53,54);;;;;/q;5*+1/p-5/b4-3+;;;;;. The average molecular weight is 1340 g/mol. The molecule has 0 fully saturated rings. The summed E-state index contributed by atoms with van der Waals surface area (Å²) >= 11 is 0.927. The third-order valence-corrected chi connectivity index (χ3v) is 14.4. The molecule has 0 saturated heterocycles. The first-order valence-corrected chi connectivity index (χ1v) is 28.3. The quantitative estimate of drug-likeness (QED) is 0.00500. The van der Waals surface area contributed by atoms with Gasteiger partial charge in [-0.2, -0.15) is 38.6 Å². The Balaban J connectivity index is 0.00000740. The number of nitrogens with two attached hydrogens (primary N) is 2. The molecule has 2 aromatic heterocycles. The molecule has 6 aromatic rings. The Hall–Kier alpha value is -2.51. The number of primary amides is 2. The van der Waals surface area contributed by atoms with Crippen LogP contribution >= 0.6 is 24.1 Å². The minimum atomic E-state index is -5.34. The zero-order valence-corrected chi connectivity index (χ0v) is 60.4. The van der Waals surface area contributed by atoms with E-state index in [0.717, 1.165) is 11.6 Å². The molecular weight excluding hydrogens is 1290 g/mol. The van der Waals surface area contributed by atoms with Crippen LogP contribution in [0.25, 0.3) is 12.2 Å². The number of nitrogens with one attached hydrogen (secondary N) is 4. The first-order valence-electron chi connectivity index (χ1n) is 22.6. The van der Waals surface area contributed by atoms with Gasteiger partial charge in [0, 0.05) is 55.3 Å². The maximum Gasteiger partial charge on any atom is 1.00 e. The van der Waals surface area contributed by atoms with Crippen molar-refractivity contribution in [3.8, 4) is 0 Å². The van der Waals surface area contributed by atoms with Crippen LogP contribution in [0.3, 0.4) is 0 Å². The van der Waals surface area contributed by atoms with Gasteiger partial charge in [0.2, 0.25) is 47.5 Å². The second kappa shape index (κ2) is 38.4. The van der Waals surface area contributed by atoms with Crippen molar-refractivity contribution in [3.63, 3.8) is 0 Å². The topological polar surface area (TPSA) is 513 Å². The van der Waals surface area contributed by atoms with Crippen LogP contribution in [0.4, 0.5) is 58.4 Å². The van der Waals surface area contributed by atoms with E-state index in [1.165, 1.54) is 52.3 Å². The zero-order valence-electron chi connectivity index (χ0n) is 46.3. The van der Waals surface area contributed by atoms with Gasteiger partial charge in [-0.3, -0.25) is 19.7 Å². The van der Waals surface area contributed by atoms with E-state index in [1.54, 1.807) is 25.1 Å². The van der Waals surface area contributed by atoms with Gasteiger partial charge in [-0.1, -0.05) is 30.4 Å². The van der Waals surface area contributed by atoms with Crippen LogP contribution in [-0.2, 0) is 58.7 Å². The molecule has 0 spiro atoms. The largest absolute Gasteiger partial charge is 1.00 e. The predicted octanol–water partition coefficient (Wildman–Crippen LogP) is -14.9. The molecule has 2 amide bonds. The molecule has 0 unspecified atom stereocenters. The molecule has 33 nitrogen and oxygen atoms in total. The number of aliphatic hydroxyl groups excluding tert-OH is 2. The summed E-state index contributed by atoms with van der Waals surface area (Å²) in [6.45, 7) is 0.284. The summed E-state index contributed by atoms with van der Waals surface area (Å²) in [7, 11) is -15.8.